The van der Waals surface area contributed by atoms with Crippen molar-refractivity contribution in [3.8, 4) is 0 Å². The van der Waals surface area contributed by atoms with E-state index in [-0.39, 0.29) is 22.8 Å². The smallest absolute Gasteiger partial charge is 0.261 e. The second kappa shape index (κ2) is 9.78. The van der Waals surface area contributed by atoms with Crippen LogP contribution in [0.3, 0.4) is 0 Å². The van der Waals surface area contributed by atoms with Crippen molar-refractivity contribution in [3.05, 3.63) is 84.4 Å². The molecule has 0 bridgehead atoms. The van der Waals surface area contributed by atoms with E-state index in [0.29, 0.717) is 42.7 Å². The summed E-state index contributed by atoms with van der Waals surface area (Å²) in [7, 11) is -3.77. The minimum atomic E-state index is -3.77. The Balaban J connectivity index is 1.32. The monoisotopic (exact) mass is 465 g/mol. The Morgan fingerprint density at radius 3 is 2.00 bits per heavy atom. The molecule has 3 heterocycles. The average molecular weight is 466 g/mol. The lowest BCUT2D eigenvalue weighted by atomic mass is 10.0. The van der Waals surface area contributed by atoms with Gasteiger partial charge in [-0.2, -0.15) is 0 Å². The average Bonchev–Trinajstić information content (AvgIpc) is 2.85. The fourth-order valence-electron chi connectivity index (χ4n) is 3.59. The molecule has 10 heteroatoms. The maximum absolute atomic E-state index is 12.6. The van der Waals surface area contributed by atoms with Crippen LogP contribution >= 0.6 is 0 Å². The lowest BCUT2D eigenvalue weighted by Crippen LogP contribution is -2.46. The predicted molar refractivity (Wildman–Crippen MR) is 122 cm³/mol. The topological polar surface area (TPSA) is 121 Å². The van der Waals surface area contributed by atoms with Crippen molar-refractivity contribution in [2.24, 2.45) is 0 Å². The van der Waals surface area contributed by atoms with E-state index in [1.807, 2.05) is 0 Å². The second-order valence-corrected chi connectivity index (χ2v) is 9.32. The first-order chi connectivity index (χ1) is 15.9. The van der Waals surface area contributed by atoms with Gasteiger partial charge in [-0.3, -0.25) is 24.3 Å². The quantitative estimate of drug-likeness (QED) is 0.576. The van der Waals surface area contributed by atoms with Gasteiger partial charge in [0, 0.05) is 55.0 Å². The molecule has 0 aliphatic carbocycles. The lowest BCUT2D eigenvalue weighted by Gasteiger charge is -2.32. The number of hydrogen-bond acceptors (Lipinski definition) is 6. The van der Waals surface area contributed by atoms with Crippen molar-refractivity contribution in [1.82, 2.24) is 20.2 Å². The number of nitrogens with zero attached hydrogens (tertiary/aromatic N) is 3. The highest BCUT2D eigenvalue weighted by Crippen LogP contribution is 2.17. The van der Waals surface area contributed by atoms with Crippen molar-refractivity contribution in [1.29, 1.82) is 0 Å². The number of carbonyl (C=O) groups excluding carboxylic acids is 2. The Morgan fingerprint density at radius 1 is 0.818 bits per heavy atom. The fourth-order valence-corrected chi connectivity index (χ4v) is 4.65. The van der Waals surface area contributed by atoms with Crippen molar-refractivity contribution in [2.75, 3.05) is 17.8 Å². The molecule has 2 aromatic heterocycles. The van der Waals surface area contributed by atoms with E-state index in [1.54, 1.807) is 41.6 Å². The first kappa shape index (κ1) is 22.4. The molecule has 1 aliphatic heterocycles. The van der Waals surface area contributed by atoms with Crippen molar-refractivity contribution in [2.45, 2.75) is 23.8 Å². The van der Waals surface area contributed by atoms with Crippen LogP contribution < -0.4 is 10.0 Å². The van der Waals surface area contributed by atoms with Crippen molar-refractivity contribution in [3.63, 3.8) is 0 Å². The van der Waals surface area contributed by atoms with Crippen LogP contribution in [0.1, 0.15) is 33.6 Å². The molecule has 0 unspecified atom stereocenters. The molecule has 0 radical (unpaired) electrons. The van der Waals surface area contributed by atoms with Gasteiger partial charge in [0.2, 0.25) is 0 Å². The number of nitrogens with one attached hydrogen (secondary N) is 2. The summed E-state index contributed by atoms with van der Waals surface area (Å²) in [5.74, 6) is -0.320. The van der Waals surface area contributed by atoms with Crippen LogP contribution in [-0.4, -0.2) is 54.2 Å². The van der Waals surface area contributed by atoms with Gasteiger partial charge in [0.25, 0.3) is 21.8 Å². The minimum absolute atomic E-state index is 0.0423. The van der Waals surface area contributed by atoms with Gasteiger partial charge < -0.3 is 10.2 Å². The number of hydrogen-bond donors (Lipinski definition) is 2. The minimum Gasteiger partial charge on any atom is -0.349 e. The predicted octanol–water partition coefficient (Wildman–Crippen LogP) is 2.31. The number of likely N-dealkylation sites (tertiary alicyclic amines) is 1. The lowest BCUT2D eigenvalue weighted by molar-refractivity contribution is 0.0698. The van der Waals surface area contributed by atoms with E-state index in [9.17, 15) is 18.0 Å². The Hall–Kier alpha value is -3.79. The van der Waals surface area contributed by atoms with Gasteiger partial charge in [-0.15, -0.1) is 0 Å². The molecule has 9 nitrogen and oxygen atoms in total. The molecule has 3 aromatic rings. The number of sulfonamides is 1. The molecule has 1 saturated heterocycles. The summed E-state index contributed by atoms with van der Waals surface area (Å²) in [6, 6.07) is 12.2. The summed E-state index contributed by atoms with van der Waals surface area (Å²) >= 11 is 0. The van der Waals surface area contributed by atoms with Crippen LogP contribution in [0.25, 0.3) is 0 Å². The summed E-state index contributed by atoms with van der Waals surface area (Å²) in [5, 5.41) is 2.97. The van der Waals surface area contributed by atoms with Gasteiger partial charge in [-0.05, 0) is 61.4 Å². The standard InChI is InChI=1S/C23H23N5O4S/c29-22(26-19-9-15-28(16-10-19)23(30)18-5-11-24-12-6-18)17-1-3-21(4-2-17)33(31,32)27-20-7-13-25-14-8-20/h1-8,11-14,19H,9-10,15-16H2,(H,25,27)(H,26,29). The summed E-state index contributed by atoms with van der Waals surface area (Å²) in [4.78, 5) is 34.8. The zero-order chi connectivity index (χ0) is 23.3. The van der Waals surface area contributed by atoms with Crippen LogP contribution in [0.2, 0.25) is 0 Å². The zero-order valence-corrected chi connectivity index (χ0v) is 18.5. The van der Waals surface area contributed by atoms with Gasteiger partial charge in [0.15, 0.2) is 0 Å². The summed E-state index contributed by atoms with van der Waals surface area (Å²) < 4.78 is 27.5. The molecule has 0 spiro atoms. The van der Waals surface area contributed by atoms with Crippen LogP contribution in [-0.2, 0) is 10.0 Å². The zero-order valence-electron chi connectivity index (χ0n) is 17.7. The Kier molecular flexibility index (Phi) is 6.64. The maximum Gasteiger partial charge on any atom is 0.261 e. The molecule has 2 N–H and O–H groups in total. The van der Waals surface area contributed by atoms with Gasteiger partial charge in [-0.1, -0.05) is 0 Å². The molecule has 1 aliphatic rings. The van der Waals surface area contributed by atoms with Crippen LogP contribution in [0, 0.1) is 0 Å². The van der Waals surface area contributed by atoms with E-state index in [0.717, 1.165) is 0 Å². The van der Waals surface area contributed by atoms with Gasteiger partial charge >= 0.3 is 0 Å². The third-order valence-electron chi connectivity index (χ3n) is 5.40. The maximum atomic E-state index is 12.6. The molecular formula is C23H23N5O4S. The highest BCUT2D eigenvalue weighted by Gasteiger charge is 2.25. The van der Waals surface area contributed by atoms with E-state index in [2.05, 4.69) is 20.0 Å². The number of aromatic nitrogens is 2. The van der Waals surface area contributed by atoms with E-state index < -0.39 is 10.0 Å². The van der Waals surface area contributed by atoms with Gasteiger partial charge in [0.05, 0.1) is 10.6 Å². The molecule has 2 amide bonds. The molecule has 4 rings (SSSR count). The number of benzene rings is 1. The number of piperidine rings is 1. The SMILES string of the molecule is O=C(NC1CCN(C(=O)c2ccncc2)CC1)c1ccc(S(=O)(=O)Nc2ccncc2)cc1. The number of anilines is 1. The molecule has 1 aromatic carbocycles. The number of pyridine rings is 2. The summed E-state index contributed by atoms with van der Waals surface area (Å²) in [5.41, 5.74) is 1.37. The molecule has 1 fully saturated rings. The van der Waals surface area contributed by atoms with Crippen LogP contribution in [0.5, 0.6) is 0 Å². The van der Waals surface area contributed by atoms with Gasteiger partial charge in [0.1, 0.15) is 0 Å². The Bertz CT molecular complexity index is 1210. The Morgan fingerprint density at radius 2 is 1.39 bits per heavy atom. The number of carbonyl (C=O) groups is 2. The normalized spacial score (nSPS) is 14.5. The third kappa shape index (κ3) is 5.53. The van der Waals surface area contributed by atoms with Crippen molar-refractivity contribution < 1.29 is 18.0 Å². The molecule has 33 heavy (non-hydrogen) atoms. The molecule has 0 atom stereocenters. The van der Waals surface area contributed by atoms with E-state index >= 15 is 0 Å². The molecular weight excluding hydrogens is 442 g/mol. The number of rotatable bonds is 6. The summed E-state index contributed by atoms with van der Waals surface area (Å²) in [6.07, 6.45) is 7.45. The Labute approximate surface area is 191 Å². The second-order valence-electron chi connectivity index (χ2n) is 7.64. The van der Waals surface area contributed by atoms with E-state index in [4.69, 9.17) is 0 Å². The highest BCUT2D eigenvalue weighted by molar-refractivity contribution is 7.92. The third-order valence-corrected chi connectivity index (χ3v) is 6.80. The van der Waals surface area contributed by atoms with Gasteiger partial charge in [-0.25, -0.2) is 8.42 Å². The van der Waals surface area contributed by atoms with E-state index in [1.165, 1.54) is 36.7 Å². The first-order valence-corrected chi connectivity index (χ1v) is 11.9. The van der Waals surface area contributed by atoms with Crippen LogP contribution in [0.4, 0.5) is 5.69 Å². The van der Waals surface area contributed by atoms with Crippen molar-refractivity contribution >= 4 is 27.5 Å². The fraction of sp³-hybridized carbons (Fsp3) is 0.217. The van der Waals surface area contributed by atoms with Crippen LogP contribution in [0.15, 0.2) is 78.2 Å². The largest absolute Gasteiger partial charge is 0.349 e. The molecule has 170 valence electrons. The summed E-state index contributed by atoms with van der Waals surface area (Å²) in [6.45, 7) is 1.09. The number of amides is 2. The highest BCUT2D eigenvalue weighted by atomic mass is 32.2. The first-order valence-electron chi connectivity index (χ1n) is 10.5. The molecule has 0 saturated carbocycles.